The van der Waals surface area contributed by atoms with Crippen LogP contribution in [0.15, 0.2) is 47.6 Å². The number of hydrogen-bond acceptors (Lipinski definition) is 5. The smallest absolute Gasteiger partial charge is 0.329 e. The summed E-state index contributed by atoms with van der Waals surface area (Å²) in [7, 11) is 1.52. The molecular formula is C20H22ClN3O4. The molecule has 0 fully saturated rings. The summed E-state index contributed by atoms with van der Waals surface area (Å²) in [4.78, 5) is 23.3. The Morgan fingerprint density at radius 2 is 1.89 bits per heavy atom. The zero-order valence-corrected chi connectivity index (χ0v) is 16.6. The molecule has 0 aliphatic rings. The van der Waals surface area contributed by atoms with E-state index in [1.54, 1.807) is 38.1 Å². The van der Waals surface area contributed by atoms with Gasteiger partial charge in [-0.1, -0.05) is 35.9 Å². The molecule has 0 atom stereocenters. The number of para-hydroxylation sites is 1. The summed E-state index contributed by atoms with van der Waals surface area (Å²) in [6.07, 6.45) is 1.38. The monoisotopic (exact) mass is 403 g/mol. The van der Waals surface area contributed by atoms with Crippen molar-refractivity contribution in [3.8, 4) is 11.5 Å². The molecule has 0 aliphatic heterocycles. The van der Waals surface area contributed by atoms with Crippen LogP contribution in [-0.2, 0) is 16.2 Å². The summed E-state index contributed by atoms with van der Waals surface area (Å²) in [5.41, 5.74) is 3.57. The Balaban J connectivity index is 2.13. The number of carbonyl (C=O) groups is 2. The van der Waals surface area contributed by atoms with Crippen LogP contribution < -0.4 is 20.2 Å². The molecule has 0 spiro atoms. The molecule has 2 aromatic rings. The third-order valence-electron chi connectivity index (χ3n) is 3.55. The van der Waals surface area contributed by atoms with E-state index in [2.05, 4.69) is 15.8 Å². The van der Waals surface area contributed by atoms with Crippen LogP contribution in [0, 0.1) is 0 Å². The van der Waals surface area contributed by atoms with Crippen molar-refractivity contribution in [2.45, 2.75) is 26.5 Å². The van der Waals surface area contributed by atoms with Gasteiger partial charge >= 0.3 is 11.8 Å². The Bertz CT molecular complexity index is 868. The van der Waals surface area contributed by atoms with Crippen molar-refractivity contribution in [3.05, 3.63) is 58.6 Å². The van der Waals surface area contributed by atoms with Crippen molar-refractivity contribution >= 4 is 29.6 Å². The van der Waals surface area contributed by atoms with Gasteiger partial charge in [0.2, 0.25) is 0 Å². The van der Waals surface area contributed by atoms with E-state index < -0.39 is 11.8 Å². The molecule has 0 bridgehead atoms. The molecular weight excluding hydrogens is 382 g/mol. The van der Waals surface area contributed by atoms with Gasteiger partial charge in [-0.15, -0.1) is 0 Å². The SMILES string of the molecule is COc1cccc(/C=N\NC(=O)C(=O)NC(C)C)c1OCc1ccccc1Cl. The van der Waals surface area contributed by atoms with E-state index in [9.17, 15) is 9.59 Å². The number of amides is 2. The molecule has 0 radical (unpaired) electrons. The molecule has 2 rings (SSSR count). The minimum atomic E-state index is -0.855. The van der Waals surface area contributed by atoms with Crippen LogP contribution in [0.4, 0.5) is 0 Å². The van der Waals surface area contributed by atoms with Crippen LogP contribution in [0.2, 0.25) is 5.02 Å². The molecule has 7 nitrogen and oxygen atoms in total. The zero-order valence-electron chi connectivity index (χ0n) is 15.9. The number of hydrogen-bond donors (Lipinski definition) is 2. The summed E-state index contributed by atoms with van der Waals surface area (Å²) < 4.78 is 11.2. The molecule has 2 N–H and O–H groups in total. The molecule has 0 saturated heterocycles. The molecule has 0 heterocycles. The number of nitrogens with one attached hydrogen (secondary N) is 2. The highest BCUT2D eigenvalue weighted by Crippen LogP contribution is 2.31. The van der Waals surface area contributed by atoms with Gasteiger partial charge in [0, 0.05) is 22.2 Å². The van der Waals surface area contributed by atoms with Gasteiger partial charge in [-0.05, 0) is 32.0 Å². The molecule has 0 saturated carbocycles. The summed E-state index contributed by atoms with van der Waals surface area (Å²) >= 11 is 6.16. The minimum Gasteiger partial charge on any atom is -0.493 e. The van der Waals surface area contributed by atoms with Gasteiger partial charge in [-0.25, -0.2) is 5.43 Å². The number of rotatable bonds is 7. The standard InChI is InChI=1S/C20H22ClN3O4/c1-13(2)23-19(25)20(26)24-22-11-14-8-6-10-17(27-3)18(14)28-12-15-7-4-5-9-16(15)21/h4-11,13H,12H2,1-3H3,(H,23,25)(H,24,26)/b22-11-. The fourth-order valence-corrected chi connectivity index (χ4v) is 2.44. The molecule has 2 aromatic carbocycles. The number of nitrogens with zero attached hydrogens (tertiary/aromatic N) is 1. The first-order valence-corrected chi connectivity index (χ1v) is 8.97. The predicted octanol–water partition coefficient (Wildman–Crippen LogP) is 2.90. The highest BCUT2D eigenvalue weighted by Gasteiger charge is 2.14. The predicted molar refractivity (Wildman–Crippen MR) is 108 cm³/mol. The fourth-order valence-electron chi connectivity index (χ4n) is 2.25. The van der Waals surface area contributed by atoms with E-state index in [-0.39, 0.29) is 12.6 Å². The molecule has 28 heavy (non-hydrogen) atoms. The first-order valence-electron chi connectivity index (χ1n) is 8.59. The summed E-state index contributed by atoms with van der Waals surface area (Å²) in [5.74, 6) is -0.672. The average Bonchev–Trinajstić information content (AvgIpc) is 2.67. The van der Waals surface area contributed by atoms with Crippen LogP contribution in [0.25, 0.3) is 0 Å². The quantitative estimate of drug-likeness (QED) is 0.422. The molecule has 8 heteroatoms. The zero-order chi connectivity index (χ0) is 20.5. The van der Waals surface area contributed by atoms with E-state index in [4.69, 9.17) is 21.1 Å². The second-order valence-corrected chi connectivity index (χ2v) is 6.49. The summed E-state index contributed by atoms with van der Waals surface area (Å²) in [5, 5.41) is 6.91. The normalized spacial score (nSPS) is 10.8. The Morgan fingerprint density at radius 1 is 1.14 bits per heavy atom. The number of hydrazone groups is 1. The van der Waals surface area contributed by atoms with Gasteiger partial charge in [0.1, 0.15) is 6.61 Å². The minimum absolute atomic E-state index is 0.148. The number of halogens is 1. The Labute approximate surface area is 168 Å². The highest BCUT2D eigenvalue weighted by atomic mass is 35.5. The van der Waals surface area contributed by atoms with E-state index >= 15 is 0 Å². The van der Waals surface area contributed by atoms with Gasteiger partial charge < -0.3 is 14.8 Å². The Morgan fingerprint density at radius 3 is 2.57 bits per heavy atom. The van der Waals surface area contributed by atoms with Gasteiger partial charge in [-0.2, -0.15) is 5.10 Å². The lowest BCUT2D eigenvalue weighted by molar-refractivity contribution is -0.139. The van der Waals surface area contributed by atoms with Crippen molar-refractivity contribution in [3.63, 3.8) is 0 Å². The molecule has 0 unspecified atom stereocenters. The van der Waals surface area contributed by atoms with Crippen LogP contribution >= 0.6 is 11.6 Å². The lowest BCUT2D eigenvalue weighted by Gasteiger charge is -2.13. The van der Waals surface area contributed by atoms with E-state index in [0.717, 1.165) is 5.56 Å². The summed E-state index contributed by atoms with van der Waals surface area (Å²) in [6, 6.07) is 12.4. The van der Waals surface area contributed by atoms with Gasteiger partial charge in [0.05, 0.1) is 13.3 Å². The average molecular weight is 404 g/mol. The number of carbonyl (C=O) groups excluding carboxylic acids is 2. The van der Waals surface area contributed by atoms with Crippen molar-refractivity contribution in [1.82, 2.24) is 10.7 Å². The van der Waals surface area contributed by atoms with E-state index in [0.29, 0.717) is 22.1 Å². The van der Waals surface area contributed by atoms with Crippen LogP contribution in [0.1, 0.15) is 25.0 Å². The van der Waals surface area contributed by atoms with Crippen molar-refractivity contribution in [1.29, 1.82) is 0 Å². The fraction of sp³-hybridized carbons (Fsp3) is 0.250. The third kappa shape index (κ3) is 5.99. The maximum Gasteiger partial charge on any atom is 0.329 e. The third-order valence-corrected chi connectivity index (χ3v) is 3.92. The topological polar surface area (TPSA) is 89.0 Å². The van der Waals surface area contributed by atoms with E-state index in [1.807, 2.05) is 18.2 Å². The van der Waals surface area contributed by atoms with Crippen molar-refractivity contribution < 1.29 is 19.1 Å². The molecule has 148 valence electrons. The highest BCUT2D eigenvalue weighted by molar-refractivity contribution is 6.35. The van der Waals surface area contributed by atoms with Gasteiger partial charge in [-0.3, -0.25) is 9.59 Å². The lowest BCUT2D eigenvalue weighted by atomic mass is 10.2. The van der Waals surface area contributed by atoms with Crippen LogP contribution in [0.5, 0.6) is 11.5 Å². The summed E-state index contributed by atoms with van der Waals surface area (Å²) in [6.45, 7) is 3.74. The van der Waals surface area contributed by atoms with E-state index in [1.165, 1.54) is 13.3 Å². The molecule has 2 amide bonds. The Hall–Kier alpha value is -3.06. The molecule has 0 aromatic heterocycles. The Kier molecular flexibility index (Phi) is 7.83. The molecule has 0 aliphatic carbocycles. The lowest BCUT2D eigenvalue weighted by Crippen LogP contribution is -2.41. The number of methoxy groups -OCH3 is 1. The van der Waals surface area contributed by atoms with Gasteiger partial charge in [0.25, 0.3) is 0 Å². The number of benzene rings is 2. The van der Waals surface area contributed by atoms with Crippen molar-refractivity contribution in [2.75, 3.05) is 7.11 Å². The maximum absolute atomic E-state index is 11.7. The van der Waals surface area contributed by atoms with Crippen LogP contribution in [0.3, 0.4) is 0 Å². The van der Waals surface area contributed by atoms with Gasteiger partial charge in [0.15, 0.2) is 11.5 Å². The largest absolute Gasteiger partial charge is 0.493 e. The number of ether oxygens (including phenoxy) is 2. The first-order chi connectivity index (χ1) is 13.4. The maximum atomic E-state index is 11.7. The van der Waals surface area contributed by atoms with Crippen LogP contribution in [-0.4, -0.2) is 31.2 Å². The van der Waals surface area contributed by atoms with Crippen molar-refractivity contribution in [2.24, 2.45) is 5.10 Å². The second-order valence-electron chi connectivity index (χ2n) is 6.09. The second kappa shape index (κ2) is 10.3. The first kappa shape index (κ1) is 21.2.